The molecule has 0 fully saturated rings. The molecule has 0 bridgehead atoms. The third-order valence-electron chi connectivity index (χ3n) is 2.83. The van der Waals surface area contributed by atoms with Crippen LogP contribution in [0.25, 0.3) is 11.3 Å². The van der Waals surface area contributed by atoms with Gasteiger partial charge in [-0.15, -0.1) is 0 Å². The van der Waals surface area contributed by atoms with Crippen LogP contribution in [0.3, 0.4) is 0 Å². The van der Waals surface area contributed by atoms with Crippen molar-refractivity contribution < 1.29 is 4.52 Å². The molecule has 1 heterocycles. The van der Waals surface area contributed by atoms with Gasteiger partial charge in [0, 0.05) is 23.7 Å². The average Bonchev–Trinajstić information content (AvgIpc) is 2.72. The number of nitrogens with zero attached hydrogens (tertiary/aromatic N) is 1. The first kappa shape index (κ1) is 12.8. The summed E-state index contributed by atoms with van der Waals surface area (Å²) in [5.74, 6) is 0.870. The number of aryl methyl sites for hydroxylation is 2. The third kappa shape index (κ3) is 2.99. The van der Waals surface area contributed by atoms with Crippen molar-refractivity contribution in [1.82, 2.24) is 10.5 Å². The fourth-order valence-electron chi connectivity index (χ4n) is 2.04. The maximum Gasteiger partial charge on any atom is 0.171 e. The van der Waals surface area contributed by atoms with E-state index in [0.717, 1.165) is 23.4 Å². The second-order valence-electron chi connectivity index (χ2n) is 5.09. The molecule has 1 aromatic carbocycles. The van der Waals surface area contributed by atoms with E-state index in [1.165, 1.54) is 11.1 Å². The largest absolute Gasteiger partial charge is 0.356 e. The van der Waals surface area contributed by atoms with Crippen molar-refractivity contribution in [2.45, 2.75) is 40.3 Å². The molecule has 2 aromatic rings. The van der Waals surface area contributed by atoms with E-state index in [9.17, 15) is 0 Å². The number of benzene rings is 1. The Bertz CT molecular complexity index is 509. The molecular weight excluding hydrogens is 224 g/mol. The fraction of sp³-hybridized carbons (Fsp3) is 0.400. The minimum absolute atomic E-state index is 0.451. The smallest absolute Gasteiger partial charge is 0.171 e. The summed E-state index contributed by atoms with van der Waals surface area (Å²) in [6.45, 7) is 9.23. The van der Waals surface area contributed by atoms with Crippen LogP contribution in [0.2, 0.25) is 0 Å². The Morgan fingerprint density at radius 2 is 1.83 bits per heavy atom. The van der Waals surface area contributed by atoms with E-state index in [0.29, 0.717) is 6.04 Å². The molecule has 0 aliphatic heterocycles. The van der Waals surface area contributed by atoms with Gasteiger partial charge in [0.2, 0.25) is 0 Å². The Labute approximate surface area is 108 Å². The summed E-state index contributed by atoms with van der Waals surface area (Å²) in [4.78, 5) is 0. The van der Waals surface area contributed by atoms with Crippen molar-refractivity contribution in [2.24, 2.45) is 0 Å². The molecular formula is C15H20N2O. The van der Waals surface area contributed by atoms with Crippen molar-refractivity contribution >= 4 is 0 Å². The van der Waals surface area contributed by atoms with Gasteiger partial charge in [-0.2, -0.15) is 0 Å². The lowest BCUT2D eigenvalue weighted by atomic mass is 10.0. The molecule has 0 atom stereocenters. The van der Waals surface area contributed by atoms with Crippen LogP contribution in [0, 0.1) is 13.8 Å². The van der Waals surface area contributed by atoms with E-state index in [-0.39, 0.29) is 0 Å². The fourth-order valence-corrected chi connectivity index (χ4v) is 2.04. The van der Waals surface area contributed by atoms with Crippen molar-refractivity contribution in [3.63, 3.8) is 0 Å². The topological polar surface area (TPSA) is 38.1 Å². The molecule has 0 saturated heterocycles. The highest BCUT2D eigenvalue weighted by atomic mass is 16.5. The predicted molar refractivity (Wildman–Crippen MR) is 73.4 cm³/mol. The highest BCUT2D eigenvalue weighted by molar-refractivity contribution is 5.62. The van der Waals surface area contributed by atoms with Crippen LogP contribution in [-0.2, 0) is 6.54 Å². The number of rotatable bonds is 4. The van der Waals surface area contributed by atoms with E-state index < -0.39 is 0 Å². The standard InChI is InChI=1S/C15H20N2O/c1-10(2)16-8-14-9-17-18-15(14)13-6-11(3)5-12(4)7-13/h5-7,9-10,16H,8H2,1-4H3. The highest BCUT2D eigenvalue weighted by Gasteiger charge is 2.11. The quantitative estimate of drug-likeness (QED) is 0.895. The van der Waals surface area contributed by atoms with Crippen LogP contribution in [0.4, 0.5) is 0 Å². The zero-order valence-corrected chi connectivity index (χ0v) is 11.4. The number of aromatic nitrogens is 1. The summed E-state index contributed by atoms with van der Waals surface area (Å²) in [5, 5.41) is 7.31. The summed E-state index contributed by atoms with van der Waals surface area (Å²) in [5.41, 5.74) is 4.69. The molecule has 0 saturated carbocycles. The summed E-state index contributed by atoms with van der Waals surface area (Å²) in [6.07, 6.45) is 1.79. The van der Waals surface area contributed by atoms with Crippen LogP contribution in [0.1, 0.15) is 30.5 Å². The van der Waals surface area contributed by atoms with E-state index in [1.807, 2.05) is 0 Å². The van der Waals surface area contributed by atoms with Crippen molar-refractivity contribution in [2.75, 3.05) is 0 Å². The zero-order valence-electron chi connectivity index (χ0n) is 11.4. The van der Waals surface area contributed by atoms with Crippen molar-refractivity contribution in [1.29, 1.82) is 0 Å². The first-order valence-electron chi connectivity index (χ1n) is 6.32. The SMILES string of the molecule is Cc1cc(C)cc(-c2oncc2CNC(C)C)c1. The van der Waals surface area contributed by atoms with Crippen molar-refractivity contribution in [3.05, 3.63) is 41.1 Å². The van der Waals surface area contributed by atoms with E-state index in [1.54, 1.807) is 6.20 Å². The van der Waals surface area contributed by atoms with Gasteiger partial charge in [-0.25, -0.2) is 0 Å². The molecule has 1 aromatic heterocycles. The number of hydrogen-bond acceptors (Lipinski definition) is 3. The lowest BCUT2D eigenvalue weighted by molar-refractivity contribution is 0.431. The van der Waals surface area contributed by atoms with Gasteiger partial charge >= 0.3 is 0 Å². The maximum atomic E-state index is 5.40. The molecule has 0 aliphatic rings. The average molecular weight is 244 g/mol. The molecule has 0 amide bonds. The lowest BCUT2D eigenvalue weighted by Crippen LogP contribution is -2.21. The third-order valence-corrected chi connectivity index (χ3v) is 2.83. The first-order valence-corrected chi connectivity index (χ1v) is 6.32. The van der Waals surface area contributed by atoms with Gasteiger partial charge < -0.3 is 9.84 Å². The lowest BCUT2D eigenvalue weighted by Gasteiger charge is -2.08. The van der Waals surface area contributed by atoms with Crippen LogP contribution in [0.15, 0.2) is 28.9 Å². The molecule has 1 N–H and O–H groups in total. The minimum Gasteiger partial charge on any atom is -0.356 e. The number of nitrogens with one attached hydrogen (secondary N) is 1. The van der Waals surface area contributed by atoms with Gasteiger partial charge in [-0.05, 0) is 26.0 Å². The van der Waals surface area contributed by atoms with Gasteiger partial charge in [0.25, 0.3) is 0 Å². The molecule has 18 heavy (non-hydrogen) atoms. The minimum atomic E-state index is 0.451. The Balaban J connectivity index is 2.30. The second kappa shape index (κ2) is 5.36. The molecule has 0 radical (unpaired) electrons. The molecule has 3 nitrogen and oxygen atoms in total. The Morgan fingerprint density at radius 3 is 2.44 bits per heavy atom. The first-order chi connectivity index (χ1) is 8.56. The van der Waals surface area contributed by atoms with Crippen LogP contribution >= 0.6 is 0 Å². The zero-order chi connectivity index (χ0) is 13.1. The maximum absolute atomic E-state index is 5.40. The number of hydrogen-bond donors (Lipinski definition) is 1. The Kier molecular flexibility index (Phi) is 3.82. The molecule has 96 valence electrons. The monoisotopic (exact) mass is 244 g/mol. The van der Waals surface area contributed by atoms with E-state index in [4.69, 9.17) is 4.52 Å². The van der Waals surface area contributed by atoms with Gasteiger partial charge in [-0.1, -0.05) is 36.2 Å². The summed E-state index contributed by atoms with van der Waals surface area (Å²) in [7, 11) is 0. The van der Waals surface area contributed by atoms with Gasteiger partial charge in [0.05, 0.1) is 6.20 Å². The van der Waals surface area contributed by atoms with Crippen molar-refractivity contribution in [3.8, 4) is 11.3 Å². The summed E-state index contributed by atoms with van der Waals surface area (Å²) < 4.78 is 5.40. The highest BCUT2D eigenvalue weighted by Crippen LogP contribution is 2.25. The Hall–Kier alpha value is -1.61. The van der Waals surface area contributed by atoms with E-state index >= 15 is 0 Å². The van der Waals surface area contributed by atoms with Crippen LogP contribution in [-0.4, -0.2) is 11.2 Å². The Morgan fingerprint density at radius 1 is 1.17 bits per heavy atom. The molecule has 3 heteroatoms. The van der Waals surface area contributed by atoms with Gasteiger partial charge in [0.1, 0.15) is 0 Å². The van der Waals surface area contributed by atoms with E-state index in [2.05, 4.69) is 56.4 Å². The molecule has 0 spiro atoms. The normalized spacial score (nSPS) is 11.2. The summed E-state index contributed by atoms with van der Waals surface area (Å²) >= 11 is 0. The van der Waals surface area contributed by atoms with Gasteiger partial charge in [0.15, 0.2) is 5.76 Å². The van der Waals surface area contributed by atoms with Crippen LogP contribution < -0.4 is 5.32 Å². The molecule has 2 rings (SSSR count). The summed E-state index contributed by atoms with van der Waals surface area (Å²) in [6, 6.07) is 6.87. The van der Waals surface area contributed by atoms with Crippen LogP contribution in [0.5, 0.6) is 0 Å². The molecule has 0 unspecified atom stereocenters. The molecule has 0 aliphatic carbocycles. The van der Waals surface area contributed by atoms with Gasteiger partial charge in [-0.3, -0.25) is 0 Å². The predicted octanol–water partition coefficient (Wildman–Crippen LogP) is 3.46. The second-order valence-corrected chi connectivity index (χ2v) is 5.09.